The minimum absolute atomic E-state index is 0.00801. The molecule has 0 aliphatic carbocycles. The SMILES string of the molecule is NCc1cc(C(F)F)c(Br)nc1C=O. The van der Waals surface area contributed by atoms with Crippen molar-refractivity contribution in [2.75, 3.05) is 0 Å². The number of alkyl halides is 2. The fraction of sp³-hybridized carbons (Fsp3) is 0.250. The fourth-order valence-electron chi connectivity index (χ4n) is 0.982. The molecule has 0 spiro atoms. The Morgan fingerprint density at radius 1 is 1.64 bits per heavy atom. The summed E-state index contributed by atoms with van der Waals surface area (Å²) in [4.78, 5) is 14.2. The van der Waals surface area contributed by atoms with Gasteiger partial charge < -0.3 is 5.73 Å². The summed E-state index contributed by atoms with van der Waals surface area (Å²) in [5, 5.41) is 0. The molecule has 1 rings (SSSR count). The molecule has 3 nitrogen and oxygen atoms in total. The zero-order valence-electron chi connectivity index (χ0n) is 7.01. The van der Waals surface area contributed by atoms with Crippen LogP contribution in [0.2, 0.25) is 0 Å². The van der Waals surface area contributed by atoms with Crippen LogP contribution in [-0.2, 0) is 6.54 Å². The lowest BCUT2D eigenvalue weighted by Crippen LogP contribution is -2.06. The van der Waals surface area contributed by atoms with Gasteiger partial charge in [-0.2, -0.15) is 0 Å². The maximum atomic E-state index is 12.4. The van der Waals surface area contributed by atoms with Gasteiger partial charge >= 0.3 is 0 Å². The van der Waals surface area contributed by atoms with Gasteiger partial charge in [0, 0.05) is 6.54 Å². The van der Waals surface area contributed by atoms with Crippen LogP contribution in [0.25, 0.3) is 0 Å². The summed E-state index contributed by atoms with van der Waals surface area (Å²) in [6.07, 6.45) is -2.15. The van der Waals surface area contributed by atoms with Crippen molar-refractivity contribution in [3.05, 3.63) is 27.5 Å². The topological polar surface area (TPSA) is 56.0 Å². The van der Waals surface area contributed by atoms with E-state index in [2.05, 4.69) is 20.9 Å². The quantitative estimate of drug-likeness (QED) is 0.672. The number of pyridine rings is 1. The summed E-state index contributed by atoms with van der Waals surface area (Å²) >= 11 is 2.86. The molecule has 0 aliphatic heterocycles. The Kier molecular flexibility index (Phi) is 3.65. The highest BCUT2D eigenvalue weighted by Crippen LogP contribution is 2.27. The Bertz CT molecular complexity index is 357. The largest absolute Gasteiger partial charge is 0.326 e. The van der Waals surface area contributed by atoms with Crippen LogP contribution in [0.5, 0.6) is 0 Å². The predicted octanol–water partition coefficient (Wildman–Crippen LogP) is 2.05. The first-order valence-electron chi connectivity index (χ1n) is 3.72. The van der Waals surface area contributed by atoms with Crippen LogP contribution < -0.4 is 5.73 Å². The number of hydrogen-bond donors (Lipinski definition) is 1. The molecule has 1 aromatic heterocycles. The monoisotopic (exact) mass is 264 g/mol. The third kappa shape index (κ3) is 2.13. The Balaban J connectivity index is 3.30. The Morgan fingerprint density at radius 2 is 2.29 bits per heavy atom. The van der Waals surface area contributed by atoms with Crippen molar-refractivity contribution in [1.29, 1.82) is 0 Å². The summed E-state index contributed by atoms with van der Waals surface area (Å²) < 4.78 is 24.7. The molecular weight excluding hydrogens is 258 g/mol. The van der Waals surface area contributed by atoms with Gasteiger partial charge in [0.1, 0.15) is 10.3 Å². The number of nitrogens with zero attached hydrogens (tertiary/aromatic N) is 1. The highest BCUT2D eigenvalue weighted by Gasteiger charge is 2.15. The zero-order chi connectivity index (χ0) is 10.7. The zero-order valence-corrected chi connectivity index (χ0v) is 8.59. The van der Waals surface area contributed by atoms with Crippen LogP contribution in [-0.4, -0.2) is 11.3 Å². The van der Waals surface area contributed by atoms with E-state index in [9.17, 15) is 13.6 Å². The van der Waals surface area contributed by atoms with Crippen molar-refractivity contribution >= 4 is 22.2 Å². The van der Waals surface area contributed by atoms with Gasteiger partial charge in [0.05, 0.1) is 5.56 Å². The first-order chi connectivity index (χ1) is 6.60. The Labute approximate surface area is 87.4 Å². The average Bonchev–Trinajstić information content (AvgIpc) is 2.16. The second kappa shape index (κ2) is 4.56. The third-order valence-electron chi connectivity index (χ3n) is 1.68. The first-order valence-corrected chi connectivity index (χ1v) is 4.52. The predicted molar refractivity (Wildman–Crippen MR) is 50.2 cm³/mol. The molecular formula is C8H7BrF2N2O. The molecule has 0 unspecified atom stereocenters. The molecule has 0 aliphatic rings. The van der Waals surface area contributed by atoms with E-state index in [0.29, 0.717) is 11.8 Å². The van der Waals surface area contributed by atoms with Gasteiger partial charge in [-0.25, -0.2) is 13.8 Å². The molecule has 0 amide bonds. The van der Waals surface area contributed by atoms with Crippen LogP contribution in [0.3, 0.4) is 0 Å². The first kappa shape index (κ1) is 11.2. The van der Waals surface area contributed by atoms with E-state index in [0.717, 1.165) is 0 Å². The van der Waals surface area contributed by atoms with Gasteiger partial charge in [-0.15, -0.1) is 0 Å². The molecule has 1 heterocycles. The van der Waals surface area contributed by atoms with E-state index < -0.39 is 6.43 Å². The van der Waals surface area contributed by atoms with E-state index in [1.807, 2.05) is 0 Å². The Hall–Kier alpha value is -0.880. The number of nitrogens with two attached hydrogens (primary N) is 1. The number of aldehydes is 1. The maximum Gasteiger partial charge on any atom is 0.266 e. The van der Waals surface area contributed by atoms with E-state index in [-0.39, 0.29) is 22.4 Å². The second-order valence-electron chi connectivity index (χ2n) is 2.54. The van der Waals surface area contributed by atoms with Gasteiger partial charge in [0.15, 0.2) is 6.29 Å². The number of halogens is 3. The van der Waals surface area contributed by atoms with Crippen molar-refractivity contribution in [3.63, 3.8) is 0 Å². The minimum Gasteiger partial charge on any atom is -0.326 e. The lowest BCUT2D eigenvalue weighted by Gasteiger charge is -2.07. The molecule has 0 aromatic carbocycles. The van der Waals surface area contributed by atoms with Crippen molar-refractivity contribution in [2.24, 2.45) is 5.73 Å². The molecule has 1 aromatic rings. The molecule has 2 N–H and O–H groups in total. The van der Waals surface area contributed by atoms with Crippen molar-refractivity contribution < 1.29 is 13.6 Å². The maximum absolute atomic E-state index is 12.4. The molecule has 0 radical (unpaired) electrons. The van der Waals surface area contributed by atoms with Gasteiger partial charge in [0.2, 0.25) is 0 Å². The highest BCUT2D eigenvalue weighted by molar-refractivity contribution is 9.10. The van der Waals surface area contributed by atoms with Crippen LogP contribution in [0, 0.1) is 0 Å². The van der Waals surface area contributed by atoms with E-state index in [1.165, 1.54) is 6.07 Å². The summed E-state index contributed by atoms with van der Waals surface area (Å²) in [5.74, 6) is 0. The molecule has 0 atom stereocenters. The van der Waals surface area contributed by atoms with Crippen LogP contribution in [0.4, 0.5) is 8.78 Å². The van der Waals surface area contributed by atoms with Crippen LogP contribution in [0.15, 0.2) is 10.7 Å². The van der Waals surface area contributed by atoms with Gasteiger partial charge in [0.25, 0.3) is 6.43 Å². The summed E-state index contributed by atoms with van der Waals surface area (Å²) in [6.45, 7) is 0.00801. The van der Waals surface area contributed by atoms with Crippen LogP contribution in [0.1, 0.15) is 28.0 Å². The standard InChI is InChI=1S/C8H7BrF2N2O/c9-7-5(8(10)11)1-4(2-12)6(3-14)13-7/h1,3,8H,2,12H2. The van der Waals surface area contributed by atoms with Gasteiger partial charge in [-0.3, -0.25) is 4.79 Å². The van der Waals surface area contributed by atoms with E-state index >= 15 is 0 Å². The summed E-state index contributed by atoms with van der Waals surface area (Å²) in [7, 11) is 0. The molecule has 0 fully saturated rings. The molecule has 76 valence electrons. The number of aromatic nitrogens is 1. The van der Waals surface area contributed by atoms with Gasteiger partial charge in [-0.05, 0) is 27.6 Å². The number of hydrogen-bond acceptors (Lipinski definition) is 3. The van der Waals surface area contributed by atoms with Crippen molar-refractivity contribution in [2.45, 2.75) is 13.0 Å². The van der Waals surface area contributed by atoms with Crippen molar-refractivity contribution in [3.8, 4) is 0 Å². The lowest BCUT2D eigenvalue weighted by atomic mass is 10.1. The fourth-order valence-corrected chi connectivity index (χ4v) is 1.46. The van der Waals surface area contributed by atoms with E-state index in [1.54, 1.807) is 0 Å². The smallest absolute Gasteiger partial charge is 0.266 e. The third-order valence-corrected chi connectivity index (χ3v) is 2.32. The second-order valence-corrected chi connectivity index (χ2v) is 3.29. The number of carbonyl (C=O) groups is 1. The van der Waals surface area contributed by atoms with E-state index in [4.69, 9.17) is 5.73 Å². The molecule has 0 saturated heterocycles. The number of carbonyl (C=O) groups excluding carboxylic acids is 1. The molecule has 0 bridgehead atoms. The normalized spacial score (nSPS) is 10.6. The average molecular weight is 265 g/mol. The van der Waals surface area contributed by atoms with Gasteiger partial charge in [-0.1, -0.05) is 0 Å². The minimum atomic E-state index is -2.64. The summed E-state index contributed by atoms with van der Waals surface area (Å²) in [6, 6.07) is 1.19. The molecule has 6 heteroatoms. The Morgan fingerprint density at radius 3 is 2.71 bits per heavy atom. The lowest BCUT2D eigenvalue weighted by molar-refractivity contribution is 0.111. The number of rotatable bonds is 3. The van der Waals surface area contributed by atoms with Crippen molar-refractivity contribution in [1.82, 2.24) is 4.98 Å². The van der Waals surface area contributed by atoms with Crippen LogP contribution >= 0.6 is 15.9 Å². The highest BCUT2D eigenvalue weighted by atomic mass is 79.9. The summed E-state index contributed by atoms with van der Waals surface area (Å²) in [5.41, 5.74) is 5.44. The molecule has 14 heavy (non-hydrogen) atoms. The molecule has 0 saturated carbocycles.